The number of benzene rings is 2. The highest BCUT2D eigenvalue weighted by Gasteiger charge is 2.22. The number of aliphatic hydroxyl groups is 1. The van der Waals surface area contributed by atoms with Crippen LogP contribution in [0.1, 0.15) is 11.1 Å². The molecule has 0 saturated heterocycles. The van der Waals surface area contributed by atoms with Crippen molar-refractivity contribution >= 4 is 29.2 Å². The molecule has 0 bridgehead atoms. The van der Waals surface area contributed by atoms with Gasteiger partial charge in [-0.2, -0.15) is 0 Å². The van der Waals surface area contributed by atoms with E-state index in [0.717, 1.165) is 28.4 Å². The fourth-order valence-electron chi connectivity index (χ4n) is 2.68. The van der Waals surface area contributed by atoms with Gasteiger partial charge in [-0.05, 0) is 11.6 Å². The van der Waals surface area contributed by atoms with Gasteiger partial charge in [0.1, 0.15) is 12.4 Å². The second kappa shape index (κ2) is 8.13. The van der Waals surface area contributed by atoms with E-state index < -0.39 is 6.09 Å². The Hall–Kier alpha value is -2.38. The summed E-state index contributed by atoms with van der Waals surface area (Å²) in [6.45, 7) is 0.836. The first-order valence-electron chi connectivity index (χ1n) is 7.92. The molecule has 0 spiro atoms. The van der Waals surface area contributed by atoms with E-state index >= 15 is 0 Å². The molecule has 0 unspecified atom stereocenters. The highest BCUT2D eigenvalue weighted by Crippen LogP contribution is 2.43. The summed E-state index contributed by atoms with van der Waals surface area (Å²) in [5.74, 6) is 1.36. The van der Waals surface area contributed by atoms with Crippen molar-refractivity contribution in [3.05, 3.63) is 47.5 Å². The predicted octanol–water partition coefficient (Wildman–Crippen LogP) is 3.45. The number of hydrogen-bond donors (Lipinski definition) is 3. The minimum Gasteiger partial charge on any atom is -0.494 e. The van der Waals surface area contributed by atoms with Gasteiger partial charge in [0.25, 0.3) is 0 Å². The van der Waals surface area contributed by atoms with Crippen LogP contribution in [-0.4, -0.2) is 30.6 Å². The monoisotopic (exact) mass is 360 g/mol. The van der Waals surface area contributed by atoms with Crippen molar-refractivity contribution in [2.75, 3.05) is 30.0 Å². The van der Waals surface area contributed by atoms with Gasteiger partial charge in [0, 0.05) is 22.8 Å². The van der Waals surface area contributed by atoms with Gasteiger partial charge in [0.15, 0.2) is 0 Å². The lowest BCUT2D eigenvalue weighted by Gasteiger charge is -2.24. The lowest BCUT2D eigenvalue weighted by molar-refractivity contribution is 0.155. The summed E-state index contributed by atoms with van der Waals surface area (Å²) < 4.78 is 10.7. The Bertz CT molecular complexity index is 752. The van der Waals surface area contributed by atoms with Gasteiger partial charge in [-0.1, -0.05) is 30.3 Å². The molecule has 0 aromatic heterocycles. The average Bonchev–Trinajstić information content (AvgIpc) is 2.66. The summed E-state index contributed by atoms with van der Waals surface area (Å²) in [5, 5.41) is 15.7. The average molecular weight is 360 g/mol. The molecule has 0 atom stereocenters. The molecule has 3 rings (SSSR count). The first kappa shape index (κ1) is 17.4. The third kappa shape index (κ3) is 4.00. The first-order chi connectivity index (χ1) is 12.2. The Morgan fingerprint density at radius 1 is 1.36 bits per heavy atom. The number of hydrogen-bond acceptors (Lipinski definition) is 6. The Labute approximate surface area is 150 Å². The number of fused-ring (bicyclic) bond motifs is 1. The minimum atomic E-state index is -0.575. The van der Waals surface area contributed by atoms with Gasteiger partial charge in [-0.3, -0.25) is 5.32 Å². The molecule has 1 aliphatic rings. The van der Waals surface area contributed by atoms with Crippen molar-refractivity contribution in [2.45, 2.75) is 18.1 Å². The highest BCUT2D eigenvalue weighted by atomic mass is 32.2. The summed E-state index contributed by atoms with van der Waals surface area (Å²) in [5.41, 5.74) is 2.91. The van der Waals surface area contributed by atoms with Crippen LogP contribution in [-0.2, 0) is 18.0 Å². The fourth-order valence-corrected chi connectivity index (χ4v) is 3.70. The first-order valence-corrected chi connectivity index (χ1v) is 8.90. The Morgan fingerprint density at radius 3 is 2.88 bits per heavy atom. The quantitative estimate of drug-likeness (QED) is 0.758. The van der Waals surface area contributed by atoms with E-state index in [1.54, 1.807) is 11.8 Å². The lowest BCUT2D eigenvalue weighted by Crippen LogP contribution is -2.17. The SMILES string of the molecule is COc1c(NC(=O)OCc2ccccc2)cc2c(c1CO)SCCN2. The smallest absolute Gasteiger partial charge is 0.412 e. The van der Waals surface area contributed by atoms with Crippen LogP contribution in [0, 0.1) is 0 Å². The maximum Gasteiger partial charge on any atom is 0.412 e. The summed E-state index contributed by atoms with van der Waals surface area (Å²) in [6.07, 6.45) is -0.575. The molecule has 0 saturated carbocycles. The fraction of sp³-hybridized carbons (Fsp3) is 0.278. The third-order valence-corrected chi connectivity index (χ3v) is 4.96. The number of nitrogens with one attached hydrogen (secondary N) is 2. The number of anilines is 2. The molecule has 2 aromatic carbocycles. The van der Waals surface area contributed by atoms with Gasteiger partial charge < -0.3 is 19.9 Å². The van der Waals surface area contributed by atoms with E-state index in [4.69, 9.17) is 9.47 Å². The Balaban J connectivity index is 1.78. The zero-order valence-corrected chi connectivity index (χ0v) is 14.7. The summed E-state index contributed by atoms with van der Waals surface area (Å²) in [7, 11) is 1.52. The molecule has 0 fully saturated rings. The normalized spacial score (nSPS) is 12.7. The number of carbonyl (C=O) groups excluding carboxylic acids is 1. The zero-order valence-electron chi connectivity index (χ0n) is 13.9. The molecule has 0 aliphatic carbocycles. The van der Waals surface area contributed by atoms with Crippen molar-refractivity contribution in [1.29, 1.82) is 0 Å². The number of carbonyl (C=O) groups is 1. The molecule has 3 N–H and O–H groups in total. The molecule has 6 nitrogen and oxygen atoms in total. The van der Waals surface area contributed by atoms with Crippen LogP contribution in [0.3, 0.4) is 0 Å². The van der Waals surface area contributed by atoms with Gasteiger partial charge in [0.05, 0.1) is 25.1 Å². The molecule has 7 heteroatoms. The molecule has 2 aromatic rings. The van der Waals surface area contributed by atoms with Crippen molar-refractivity contribution in [3.63, 3.8) is 0 Å². The molecular weight excluding hydrogens is 340 g/mol. The van der Waals surface area contributed by atoms with Gasteiger partial charge in [-0.15, -0.1) is 11.8 Å². The maximum atomic E-state index is 12.1. The number of thioether (sulfide) groups is 1. The standard InChI is InChI=1S/C18H20N2O4S/c1-23-16-13(10-21)17-15(19-7-8-25-17)9-14(16)20-18(22)24-11-12-5-3-2-4-6-12/h2-6,9,19,21H,7-8,10-11H2,1H3,(H,20,22). The van der Waals surface area contributed by atoms with Crippen LogP contribution in [0.4, 0.5) is 16.2 Å². The number of amides is 1. The Morgan fingerprint density at radius 2 is 2.16 bits per heavy atom. The second-order valence-corrected chi connectivity index (χ2v) is 6.54. The van der Waals surface area contributed by atoms with E-state index in [-0.39, 0.29) is 13.2 Å². The lowest BCUT2D eigenvalue weighted by atomic mass is 10.1. The van der Waals surface area contributed by atoms with Crippen LogP contribution in [0.2, 0.25) is 0 Å². The molecule has 1 amide bonds. The van der Waals surface area contributed by atoms with E-state index in [9.17, 15) is 9.90 Å². The van der Waals surface area contributed by atoms with Crippen molar-refractivity contribution in [2.24, 2.45) is 0 Å². The topological polar surface area (TPSA) is 79.8 Å². The second-order valence-electron chi connectivity index (χ2n) is 5.43. The van der Waals surface area contributed by atoms with E-state index in [2.05, 4.69) is 10.6 Å². The van der Waals surface area contributed by atoms with Crippen LogP contribution in [0.15, 0.2) is 41.3 Å². The highest BCUT2D eigenvalue weighted by molar-refractivity contribution is 7.99. The number of ether oxygens (including phenoxy) is 2. The van der Waals surface area contributed by atoms with E-state index in [0.29, 0.717) is 17.0 Å². The van der Waals surface area contributed by atoms with Gasteiger partial charge >= 0.3 is 6.09 Å². The van der Waals surface area contributed by atoms with Crippen LogP contribution < -0.4 is 15.4 Å². The summed E-state index contributed by atoms with van der Waals surface area (Å²) in [6, 6.07) is 11.3. The van der Waals surface area contributed by atoms with Crippen molar-refractivity contribution < 1.29 is 19.4 Å². The summed E-state index contributed by atoms with van der Waals surface area (Å²) in [4.78, 5) is 13.1. The zero-order chi connectivity index (χ0) is 17.6. The molecule has 1 aliphatic heterocycles. The van der Waals surface area contributed by atoms with Crippen LogP contribution >= 0.6 is 11.8 Å². The van der Waals surface area contributed by atoms with Crippen LogP contribution in [0.25, 0.3) is 0 Å². The molecule has 25 heavy (non-hydrogen) atoms. The molecule has 0 radical (unpaired) electrons. The Kier molecular flexibility index (Phi) is 5.67. The molecular formula is C18H20N2O4S. The van der Waals surface area contributed by atoms with Crippen molar-refractivity contribution in [3.8, 4) is 5.75 Å². The third-order valence-electron chi connectivity index (χ3n) is 3.80. The minimum absolute atomic E-state index is 0.172. The number of aliphatic hydroxyl groups excluding tert-OH is 1. The van der Waals surface area contributed by atoms with Crippen molar-refractivity contribution in [1.82, 2.24) is 0 Å². The molecule has 1 heterocycles. The van der Waals surface area contributed by atoms with E-state index in [1.165, 1.54) is 7.11 Å². The number of methoxy groups -OCH3 is 1. The predicted molar refractivity (Wildman–Crippen MR) is 98.4 cm³/mol. The van der Waals surface area contributed by atoms with E-state index in [1.807, 2.05) is 36.4 Å². The summed E-state index contributed by atoms with van der Waals surface area (Å²) >= 11 is 1.66. The van der Waals surface area contributed by atoms with Gasteiger partial charge in [-0.25, -0.2) is 4.79 Å². The van der Waals surface area contributed by atoms with Gasteiger partial charge in [0.2, 0.25) is 0 Å². The largest absolute Gasteiger partial charge is 0.494 e. The van der Waals surface area contributed by atoms with Crippen LogP contribution in [0.5, 0.6) is 5.75 Å². The maximum absolute atomic E-state index is 12.1. The number of rotatable bonds is 5. The molecule has 132 valence electrons.